The maximum atomic E-state index is 11.6. The lowest BCUT2D eigenvalue weighted by atomic mass is 10.1. The topological polar surface area (TPSA) is 83.5 Å². The molecule has 3 aromatic rings. The molecule has 3 rings (SSSR count). The number of fused-ring (bicyclic) bond motifs is 1. The molecule has 126 valence electrons. The molecule has 0 bridgehead atoms. The van der Waals surface area contributed by atoms with Crippen LogP contribution in [0.5, 0.6) is 5.75 Å². The second kappa shape index (κ2) is 7.20. The van der Waals surface area contributed by atoms with Gasteiger partial charge in [0.1, 0.15) is 24.0 Å². The SMILES string of the molecule is CCc1cc(=O)oc2cc(OCC(O)c3ccc(C#N)cc3)ccc12. The van der Waals surface area contributed by atoms with Crippen molar-refractivity contribution in [1.82, 2.24) is 0 Å². The Balaban J connectivity index is 1.76. The van der Waals surface area contributed by atoms with Gasteiger partial charge in [-0.15, -0.1) is 0 Å². The number of benzene rings is 2. The molecule has 0 saturated carbocycles. The zero-order chi connectivity index (χ0) is 17.8. The molecule has 1 aromatic heterocycles. The fourth-order valence-corrected chi connectivity index (χ4v) is 2.64. The summed E-state index contributed by atoms with van der Waals surface area (Å²) >= 11 is 0. The van der Waals surface area contributed by atoms with Crippen molar-refractivity contribution in [3.63, 3.8) is 0 Å². The zero-order valence-electron chi connectivity index (χ0n) is 13.7. The normalized spacial score (nSPS) is 11.9. The van der Waals surface area contributed by atoms with Gasteiger partial charge in [-0.1, -0.05) is 19.1 Å². The van der Waals surface area contributed by atoms with Gasteiger partial charge in [0, 0.05) is 17.5 Å². The summed E-state index contributed by atoms with van der Waals surface area (Å²) in [7, 11) is 0. The van der Waals surface area contributed by atoms with Gasteiger partial charge >= 0.3 is 5.63 Å². The van der Waals surface area contributed by atoms with Crippen molar-refractivity contribution < 1.29 is 14.3 Å². The first kappa shape index (κ1) is 16.7. The average molecular weight is 335 g/mol. The van der Waals surface area contributed by atoms with E-state index >= 15 is 0 Å². The molecule has 0 aliphatic heterocycles. The van der Waals surface area contributed by atoms with Crippen LogP contribution in [0.1, 0.15) is 29.7 Å². The van der Waals surface area contributed by atoms with Crippen molar-refractivity contribution in [3.05, 3.63) is 75.6 Å². The Hall–Kier alpha value is -3.10. The summed E-state index contributed by atoms with van der Waals surface area (Å²) in [6.07, 6.45) is -0.0860. The van der Waals surface area contributed by atoms with Gasteiger partial charge < -0.3 is 14.3 Å². The summed E-state index contributed by atoms with van der Waals surface area (Å²) in [4.78, 5) is 11.6. The number of aliphatic hydroxyl groups excluding tert-OH is 1. The van der Waals surface area contributed by atoms with Crippen molar-refractivity contribution in [2.45, 2.75) is 19.4 Å². The average Bonchev–Trinajstić information content (AvgIpc) is 2.65. The van der Waals surface area contributed by atoms with Crippen molar-refractivity contribution in [3.8, 4) is 11.8 Å². The molecular weight excluding hydrogens is 318 g/mol. The highest BCUT2D eigenvalue weighted by molar-refractivity contribution is 5.81. The molecule has 0 saturated heterocycles. The molecule has 1 heterocycles. The number of hydrogen-bond acceptors (Lipinski definition) is 5. The Morgan fingerprint density at radius 2 is 1.96 bits per heavy atom. The first-order chi connectivity index (χ1) is 12.1. The number of nitrogens with zero attached hydrogens (tertiary/aromatic N) is 1. The van der Waals surface area contributed by atoms with E-state index < -0.39 is 6.10 Å². The highest BCUT2D eigenvalue weighted by Crippen LogP contribution is 2.24. The van der Waals surface area contributed by atoms with E-state index in [-0.39, 0.29) is 12.2 Å². The fourth-order valence-electron chi connectivity index (χ4n) is 2.64. The molecule has 0 aliphatic rings. The molecule has 5 nitrogen and oxygen atoms in total. The van der Waals surface area contributed by atoms with E-state index in [9.17, 15) is 9.90 Å². The molecule has 1 unspecified atom stereocenters. The lowest BCUT2D eigenvalue weighted by molar-refractivity contribution is 0.108. The Morgan fingerprint density at radius 1 is 1.20 bits per heavy atom. The number of hydrogen-bond donors (Lipinski definition) is 1. The van der Waals surface area contributed by atoms with Crippen LogP contribution in [-0.2, 0) is 6.42 Å². The van der Waals surface area contributed by atoms with Crippen LogP contribution in [0.15, 0.2) is 57.7 Å². The summed E-state index contributed by atoms with van der Waals surface area (Å²) in [6, 6.07) is 15.5. The van der Waals surface area contributed by atoms with E-state index in [1.54, 1.807) is 36.4 Å². The van der Waals surface area contributed by atoms with Crippen molar-refractivity contribution >= 4 is 11.0 Å². The molecule has 0 amide bonds. The highest BCUT2D eigenvalue weighted by Gasteiger charge is 2.10. The van der Waals surface area contributed by atoms with Gasteiger partial charge in [-0.2, -0.15) is 5.26 Å². The minimum Gasteiger partial charge on any atom is -0.490 e. The van der Waals surface area contributed by atoms with Gasteiger partial charge in [0.2, 0.25) is 0 Å². The number of nitriles is 1. The largest absolute Gasteiger partial charge is 0.490 e. The van der Waals surface area contributed by atoms with E-state index in [0.29, 0.717) is 22.5 Å². The van der Waals surface area contributed by atoms with Gasteiger partial charge in [0.05, 0.1) is 11.6 Å². The predicted molar refractivity (Wildman–Crippen MR) is 93.5 cm³/mol. The van der Waals surface area contributed by atoms with Crippen LogP contribution >= 0.6 is 0 Å². The van der Waals surface area contributed by atoms with Crippen LogP contribution in [-0.4, -0.2) is 11.7 Å². The summed E-state index contributed by atoms with van der Waals surface area (Å²) in [5.41, 5.74) is 2.21. The third kappa shape index (κ3) is 3.70. The molecule has 2 aromatic carbocycles. The van der Waals surface area contributed by atoms with Crippen LogP contribution in [0.3, 0.4) is 0 Å². The third-order valence-corrected chi connectivity index (χ3v) is 4.01. The van der Waals surface area contributed by atoms with E-state index in [0.717, 1.165) is 17.4 Å². The van der Waals surface area contributed by atoms with Gasteiger partial charge in [-0.05, 0) is 41.8 Å². The van der Waals surface area contributed by atoms with Gasteiger partial charge in [0.25, 0.3) is 0 Å². The van der Waals surface area contributed by atoms with Crippen molar-refractivity contribution in [1.29, 1.82) is 5.26 Å². The Kier molecular flexibility index (Phi) is 4.82. The third-order valence-electron chi connectivity index (χ3n) is 4.01. The maximum absolute atomic E-state index is 11.6. The van der Waals surface area contributed by atoms with E-state index in [4.69, 9.17) is 14.4 Å². The number of ether oxygens (including phenoxy) is 1. The van der Waals surface area contributed by atoms with Crippen LogP contribution in [0, 0.1) is 11.3 Å². The molecule has 1 atom stereocenters. The second-order valence-corrected chi connectivity index (χ2v) is 5.66. The fraction of sp³-hybridized carbons (Fsp3) is 0.200. The molecule has 0 fully saturated rings. The molecule has 0 radical (unpaired) electrons. The van der Waals surface area contributed by atoms with E-state index in [2.05, 4.69) is 0 Å². The lowest BCUT2D eigenvalue weighted by Crippen LogP contribution is -2.09. The molecule has 1 N–H and O–H groups in total. The number of rotatable bonds is 5. The highest BCUT2D eigenvalue weighted by atomic mass is 16.5. The first-order valence-corrected chi connectivity index (χ1v) is 7.98. The van der Waals surface area contributed by atoms with Gasteiger partial charge in [0.15, 0.2) is 0 Å². The summed E-state index contributed by atoms with van der Waals surface area (Å²) in [6.45, 7) is 2.03. The second-order valence-electron chi connectivity index (χ2n) is 5.66. The van der Waals surface area contributed by atoms with Crippen molar-refractivity contribution in [2.75, 3.05) is 6.61 Å². The van der Waals surface area contributed by atoms with Crippen LogP contribution in [0.2, 0.25) is 0 Å². The Labute approximate surface area is 144 Å². The molecular formula is C20H17NO4. The zero-order valence-corrected chi connectivity index (χ0v) is 13.7. The van der Waals surface area contributed by atoms with Crippen LogP contribution in [0.25, 0.3) is 11.0 Å². The Bertz CT molecular complexity index is 983. The summed E-state index contributed by atoms with van der Waals surface area (Å²) in [5.74, 6) is 0.511. The lowest BCUT2D eigenvalue weighted by Gasteiger charge is -2.13. The van der Waals surface area contributed by atoms with Gasteiger partial charge in [-0.25, -0.2) is 4.79 Å². The monoisotopic (exact) mass is 335 g/mol. The maximum Gasteiger partial charge on any atom is 0.336 e. The number of aryl methyl sites for hydroxylation is 1. The van der Waals surface area contributed by atoms with E-state index in [1.807, 2.05) is 19.1 Å². The van der Waals surface area contributed by atoms with Gasteiger partial charge in [-0.3, -0.25) is 0 Å². The Morgan fingerprint density at radius 3 is 2.64 bits per heavy atom. The molecule has 0 spiro atoms. The standard InChI is InChI=1S/C20H17NO4/c1-2-14-9-20(23)25-19-10-16(7-8-17(14)19)24-12-18(22)15-5-3-13(11-21)4-6-15/h3-10,18,22H,2,12H2,1H3. The van der Waals surface area contributed by atoms with Crippen LogP contribution in [0.4, 0.5) is 0 Å². The molecule has 5 heteroatoms. The van der Waals surface area contributed by atoms with E-state index in [1.165, 1.54) is 6.07 Å². The van der Waals surface area contributed by atoms with Crippen molar-refractivity contribution in [2.24, 2.45) is 0 Å². The number of aliphatic hydroxyl groups is 1. The quantitative estimate of drug-likeness (QED) is 0.723. The molecule has 0 aliphatic carbocycles. The molecule has 25 heavy (non-hydrogen) atoms. The predicted octanol–water partition coefficient (Wildman–Crippen LogP) is 3.34. The minimum absolute atomic E-state index is 0.0507. The smallest absolute Gasteiger partial charge is 0.336 e. The summed E-state index contributed by atoms with van der Waals surface area (Å²) in [5, 5.41) is 19.9. The van der Waals surface area contributed by atoms with Crippen LogP contribution < -0.4 is 10.4 Å². The first-order valence-electron chi connectivity index (χ1n) is 7.98. The summed E-state index contributed by atoms with van der Waals surface area (Å²) < 4.78 is 10.9. The minimum atomic E-state index is -0.822.